The molecular weight excluding hydrogens is 336 g/mol. The number of benzene rings is 1. The van der Waals surface area contributed by atoms with Crippen molar-refractivity contribution in [2.24, 2.45) is 5.92 Å². The van der Waals surface area contributed by atoms with Crippen LogP contribution in [0.25, 0.3) is 11.4 Å². The molecule has 0 saturated heterocycles. The summed E-state index contributed by atoms with van der Waals surface area (Å²) < 4.78 is 6.36. The number of carboxylic acids is 1. The molecule has 6 heteroatoms. The molecule has 1 aromatic heterocycles. The van der Waals surface area contributed by atoms with Crippen molar-refractivity contribution in [3.63, 3.8) is 0 Å². The van der Waals surface area contributed by atoms with E-state index < -0.39 is 5.97 Å². The number of rotatable bonds is 3. The van der Waals surface area contributed by atoms with Crippen molar-refractivity contribution < 1.29 is 14.4 Å². The minimum Gasteiger partial charge on any atom is -0.481 e. The molecule has 2 aromatic rings. The summed E-state index contributed by atoms with van der Waals surface area (Å²) in [5, 5.41) is 13.1. The number of hydrogen-bond acceptors (Lipinski definition) is 4. The highest BCUT2D eigenvalue weighted by atomic mass is 79.9. The Hall–Kier alpha value is -1.69. The lowest BCUT2D eigenvalue weighted by Gasteiger charge is -2.03. The van der Waals surface area contributed by atoms with Crippen molar-refractivity contribution >= 4 is 21.9 Å². The largest absolute Gasteiger partial charge is 0.481 e. The van der Waals surface area contributed by atoms with E-state index in [1.54, 1.807) is 0 Å². The Labute approximate surface area is 130 Å². The number of aliphatic carboxylic acids is 1. The molecule has 5 nitrogen and oxygen atoms in total. The van der Waals surface area contributed by atoms with Crippen LogP contribution in [0.1, 0.15) is 36.6 Å². The first kappa shape index (κ1) is 14.3. The van der Waals surface area contributed by atoms with Crippen LogP contribution in [0.3, 0.4) is 0 Å². The zero-order chi connectivity index (χ0) is 15.0. The fourth-order valence-electron chi connectivity index (χ4n) is 2.82. The van der Waals surface area contributed by atoms with Gasteiger partial charge in [-0.05, 0) is 49.9 Å². The lowest BCUT2D eigenvalue weighted by molar-refractivity contribution is -0.141. The predicted molar refractivity (Wildman–Crippen MR) is 79.9 cm³/mol. The number of carbonyl (C=O) groups is 1. The number of aromatic nitrogens is 2. The molecule has 0 bridgehead atoms. The third kappa shape index (κ3) is 2.85. The Balaban J connectivity index is 1.82. The summed E-state index contributed by atoms with van der Waals surface area (Å²) in [6.45, 7) is 1.99. The van der Waals surface area contributed by atoms with Crippen molar-refractivity contribution in [3.8, 4) is 11.4 Å². The standard InChI is InChI=1S/C15H15BrN2O3/c1-8-6-11(16)4-5-12(8)13-17-14(21-18-13)9-2-3-10(7-9)15(19)20/h4-6,9-10H,2-3,7H2,1H3,(H,19,20). The predicted octanol–water partition coefficient (Wildman–Crippen LogP) is 3.78. The second kappa shape index (κ2) is 5.60. The second-order valence-corrected chi connectivity index (χ2v) is 6.38. The molecule has 1 fully saturated rings. The van der Waals surface area contributed by atoms with Crippen LogP contribution in [-0.2, 0) is 4.79 Å². The van der Waals surface area contributed by atoms with Crippen molar-refractivity contribution in [1.82, 2.24) is 10.1 Å². The van der Waals surface area contributed by atoms with Gasteiger partial charge in [-0.3, -0.25) is 4.79 Å². The normalized spacial score (nSPS) is 21.6. The summed E-state index contributed by atoms with van der Waals surface area (Å²) in [4.78, 5) is 15.5. The van der Waals surface area contributed by atoms with Gasteiger partial charge in [0.25, 0.3) is 0 Å². The molecule has 1 aliphatic rings. The SMILES string of the molecule is Cc1cc(Br)ccc1-c1noc(C2CCC(C(=O)O)C2)n1. The first-order chi connectivity index (χ1) is 10.0. The van der Waals surface area contributed by atoms with Gasteiger partial charge < -0.3 is 9.63 Å². The van der Waals surface area contributed by atoms with Crippen LogP contribution in [0, 0.1) is 12.8 Å². The monoisotopic (exact) mass is 350 g/mol. The van der Waals surface area contributed by atoms with Crippen molar-refractivity contribution in [2.45, 2.75) is 32.1 Å². The van der Waals surface area contributed by atoms with E-state index in [1.165, 1.54) is 0 Å². The lowest BCUT2D eigenvalue weighted by Crippen LogP contribution is -2.09. The van der Waals surface area contributed by atoms with E-state index in [9.17, 15) is 4.79 Å². The van der Waals surface area contributed by atoms with E-state index in [0.717, 1.165) is 22.0 Å². The maximum absolute atomic E-state index is 11.0. The summed E-state index contributed by atoms with van der Waals surface area (Å²) in [6, 6.07) is 5.89. The van der Waals surface area contributed by atoms with E-state index in [1.807, 2.05) is 25.1 Å². The number of carboxylic acid groups (broad SMARTS) is 1. The van der Waals surface area contributed by atoms with Crippen LogP contribution in [0.5, 0.6) is 0 Å². The van der Waals surface area contributed by atoms with Crippen LogP contribution >= 0.6 is 15.9 Å². The quantitative estimate of drug-likeness (QED) is 0.911. The average molecular weight is 351 g/mol. The highest BCUT2D eigenvalue weighted by molar-refractivity contribution is 9.10. The Morgan fingerprint density at radius 2 is 2.24 bits per heavy atom. The fourth-order valence-corrected chi connectivity index (χ4v) is 3.29. The van der Waals surface area contributed by atoms with E-state index in [2.05, 4.69) is 26.1 Å². The molecule has 2 atom stereocenters. The van der Waals surface area contributed by atoms with Crippen molar-refractivity contribution in [3.05, 3.63) is 34.1 Å². The van der Waals surface area contributed by atoms with E-state index in [-0.39, 0.29) is 11.8 Å². The van der Waals surface area contributed by atoms with Crippen LogP contribution in [0.15, 0.2) is 27.2 Å². The average Bonchev–Trinajstić information content (AvgIpc) is 3.07. The minimum absolute atomic E-state index is 0.0584. The van der Waals surface area contributed by atoms with E-state index in [4.69, 9.17) is 9.63 Å². The number of hydrogen-bond donors (Lipinski definition) is 1. The van der Waals surface area contributed by atoms with Gasteiger partial charge in [-0.1, -0.05) is 21.1 Å². The van der Waals surface area contributed by atoms with Gasteiger partial charge in [-0.25, -0.2) is 0 Å². The molecule has 1 aliphatic carbocycles. The second-order valence-electron chi connectivity index (χ2n) is 5.46. The van der Waals surface area contributed by atoms with Crippen LogP contribution in [0.2, 0.25) is 0 Å². The maximum Gasteiger partial charge on any atom is 0.306 e. The molecule has 0 spiro atoms. The Morgan fingerprint density at radius 1 is 1.43 bits per heavy atom. The van der Waals surface area contributed by atoms with Gasteiger partial charge in [0.2, 0.25) is 11.7 Å². The van der Waals surface area contributed by atoms with Gasteiger partial charge in [0.1, 0.15) is 0 Å². The third-order valence-corrected chi connectivity index (χ3v) is 4.50. The van der Waals surface area contributed by atoms with Crippen molar-refractivity contribution in [2.75, 3.05) is 0 Å². The highest BCUT2D eigenvalue weighted by Gasteiger charge is 2.33. The van der Waals surface area contributed by atoms with Gasteiger partial charge in [0, 0.05) is 16.0 Å². The zero-order valence-corrected chi connectivity index (χ0v) is 13.1. The van der Waals surface area contributed by atoms with Gasteiger partial charge in [-0.15, -0.1) is 0 Å². The molecule has 1 saturated carbocycles. The maximum atomic E-state index is 11.0. The smallest absolute Gasteiger partial charge is 0.306 e. The summed E-state index contributed by atoms with van der Waals surface area (Å²) >= 11 is 3.43. The lowest BCUT2D eigenvalue weighted by atomic mass is 10.1. The summed E-state index contributed by atoms with van der Waals surface area (Å²) in [6.07, 6.45) is 2.04. The number of aryl methyl sites for hydroxylation is 1. The summed E-state index contributed by atoms with van der Waals surface area (Å²) in [5.74, 6) is 0.147. The molecule has 0 amide bonds. The molecular formula is C15H15BrN2O3. The van der Waals surface area contributed by atoms with E-state index in [0.29, 0.717) is 24.6 Å². The van der Waals surface area contributed by atoms with Gasteiger partial charge in [-0.2, -0.15) is 4.98 Å². The molecule has 3 rings (SSSR count). The van der Waals surface area contributed by atoms with Crippen LogP contribution in [-0.4, -0.2) is 21.2 Å². The molecule has 0 radical (unpaired) electrons. The summed E-state index contributed by atoms with van der Waals surface area (Å²) in [5.41, 5.74) is 1.99. The zero-order valence-electron chi connectivity index (χ0n) is 11.5. The summed E-state index contributed by atoms with van der Waals surface area (Å²) in [7, 11) is 0. The first-order valence-electron chi connectivity index (χ1n) is 6.87. The number of nitrogens with zero attached hydrogens (tertiary/aromatic N) is 2. The Kier molecular flexibility index (Phi) is 3.80. The number of halogens is 1. The van der Waals surface area contributed by atoms with E-state index >= 15 is 0 Å². The van der Waals surface area contributed by atoms with Gasteiger partial charge >= 0.3 is 5.97 Å². The Morgan fingerprint density at radius 3 is 2.90 bits per heavy atom. The molecule has 2 unspecified atom stereocenters. The first-order valence-corrected chi connectivity index (χ1v) is 7.67. The molecule has 0 aliphatic heterocycles. The third-order valence-electron chi connectivity index (χ3n) is 4.00. The Bertz CT molecular complexity index is 683. The van der Waals surface area contributed by atoms with Gasteiger partial charge in [0.05, 0.1) is 5.92 Å². The van der Waals surface area contributed by atoms with Crippen molar-refractivity contribution in [1.29, 1.82) is 0 Å². The molecule has 21 heavy (non-hydrogen) atoms. The molecule has 1 aromatic carbocycles. The van der Waals surface area contributed by atoms with Crippen LogP contribution in [0.4, 0.5) is 0 Å². The molecule has 110 valence electrons. The molecule has 1 N–H and O–H groups in total. The highest BCUT2D eigenvalue weighted by Crippen LogP contribution is 2.38. The van der Waals surface area contributed by atoms with Gasteiger partial charge in [0.15, 0.2) is 0 Å². The fraction of sp³-hybridized carbons (Fsp3) is 0.400. The minimum atomic E-state index is -0.735. The molecule has 1 heterocycles. The van der Waals surface area contributed by atoms with Crippen LogP contribution < -0.4 is 0 Å². The topological polar surface area (TPSA) is 76.2 Å².